The largest absolute Gasteiger partial charge is 0.481 e. The van der Waals surface area contributed by atoms with E-state index in [9.17, 15) is 9.59 Å². The van der Waals surface area contributed by atoms with Crippen LogP contribution in [0.15, 0.2) is 0 Å². The topological polar surface area (TPSA) is 78.4 Å². The van der Waals surface area contributed by atoms with Crippen LogP contribution in [0.25, 0.3) is 0 Å². The van der Waals surface area contributed by atoms with Crippen LogP contribution in [0.1, 0.15) is 52.4 Å². The molecule has 0 saturated heterocycles. The fourth-order valence-corrected chi connectivity index (χ4v) is 3.50. The first-order valence-electron chi connectivity index (χ1n) is 7.77. The van der Waals surface area contributed by atoms with Crippen molar-refractivity contribution in [2.45, 2.75) is 64.5 Å². The number of hydrogen-bond acceptors (Lipinski definition) is 2. The van der Waals surface area contributed by atoms with Gasteiger partial charge in [-0.1, -0.05) is 20.3 Å². The lowest BCUT2D eigenvalue weighted by Crippen LogP contribution is -2.49. The molecule has 2 aliphatic rings. The molecule has 2 saturated carbocycles. The van der Waals surface area contributed by atoms with Crippen LogP contribution in [0, 0.1) is 17.8 Å². The fourth-order valence-electron chi connectivity index (χ4n) is 3.50. The second kappa shape index (κ2) is 6.46. The third-order valence-electron chi connectivity index (χ3n) is 5.08. The maximum Gasteiger partial charge on any atom is 0.315 e. The lowest BCUT2D eigenvalue weighted by molar-refractivity contribution is -0.142. The Hall–Kier alpha value is -1.26. The maximum atomic E-state index is 12.0. The molecule has 0 aromatic heterocycles. The van der Waals surface area contributed by atoms with E-state index in [-0.39, 0.29) is 18.1 Å². The molecule has 0 aromatic carbocycles. The summed E-state index contributed by atoms with van der Waals surface area (Å²) in [6, 6.07) is -0.187. The standard InChI is InChI=1S/C15H26N2O3/c1-9-6-7-11(8-10(9)2)16-15(20)17-13-5-3-4-12(13)14(18)19/h9-13H,3-8H2,1-2H3,(H,18,19)(H2,16,17,20). The zero-order valence-corrected chi connectivity index (χ0v) is 12.4. The molecular formula is C15H26N2O3. The Morgan fingerprint density at radius 3 is 2.40 bits per heavy atom. The van der Waals surface area contributed by atoms with E-state index in [1.54, 1.807) is 0 Å². The van der Waals surface area contributed by atoms with Gasteiger partial charge in [0.1, 0.15) is 0 Å². The Bertz CT molecular complexity index is 372. The number of urea groups is 1. The number of amides is 2. The minimum atomic E-state index is -0.798. The summed E-state index contributed by atoms with van der Waals surface area (Å²) in [7, 11) is 0. The predicted molar refractivity (Wildman–Crippen MR) is 76.4 cm³/mol. The minimum Gasteiger partial charge on any atom is -0.481 e. The molecule has 20 heavy (non-hydrogen) atoms. The van der Waals surface area contributed by atoms with Crippen LogP contribution in [-0.2, 0) is 4.79 Å². The summed E-state index contributed by atoms with van der Waals surface area (Å²) < 4.78 is 0. The second-order valence-electron chi connectivity index (χ2n) is 6.56. The molecule has 2 aliphatic carbocycles. The highest BCUT2D eigenvalue weighted by atomic mass is 16.4. The summed E-state index contributed by atoms with van der Waals surface area (Å²) in [6.07, 6.45) is 5.49. The predicted octanol–water partition coefficient (Wildman–Crippen LogP) is 2.36. The van der Waals surface area contributed by atoms with E-state index in [2.05, 4.69) is 24.5 Å². The third kappa shape index (κ3) is 3.64. The first kappa shape index (κ1) is 15.1. The van der Waals surface area contributed by atoms with Crippen LogP contribution in [0.5, 0.6) is 0 Å². The smallest absolute Gasteiger partial charge is 0.315 e. The van der Waals surface area contributed by atoms with Crippen molar-refractivity contribution in [3.8, 4) is 0 Å². The maximum absolute atomic E-state index is 12.0. The Balaban J connectivity index is 1.79. The van der Waals surface area contributed by atoms with Gasteiger partial charge in [0.2, 0.25) is 0 Å². The lowest BCUT2D eigenvalue weighted by Gasteiger charge is -2.32. The van der Waals surface area contributed by atoms with Crippen LogP contribution < -0.4 is 10.6 Å². The van der Waals surface area contributed by atoms with E-state index < -0.39 is 11.9 Å². The molecule has 0 radical (unpaired) electrons. The van der Waals surface area contributed by atoms with E-state index in [0.29, 0.717) is 12.3 Å². The molecule has 114 valence electrons. The van der Waals surface area contributed by atoms with Gasteiger partial charge in [0, 0.05) is 12.1 Å². The van der Waals surface area contributed by atoms with Gasteiger partial charge in [-0.2, -0.15) is 0 Å². The van der Waals surface area contributed by atoms with Gasteiger partial charge in [-0.3, -0.25) is 4.79 Å². The summed E-state index contributed by atoms with van der Waals surface area (Å²) in [5.74, 6) is 0.133. The molecule has 5 nitrogen and oxygen atoms in total. The molecule has 0 aromatic rings. The molecule has 0 heterocycles. The lowest BCUT2D eigenvalue weighted by atomic mass is 9.79. The molecular weight excluding hydrogens is 256 g/mol. The van der Waals surface area contributed by atoms with E-state index in [1.165, 1.54) is 0 Å². The molecule has 5 atom stereocenters. The summed E-state index contributed by atoms with van der Waals surface area (Å²) in [4.78, 5) is 23.1. The monoisotopic (exact) mass is 282 g/mol. The average Bonchev–Trinajstić information content (AvgIpc) is 2.82. The van der Waals surface area contributed by atoms with Crippen molar-refractivity contribution in [2.24, 2.45) is 17.8 Å². The second-order valence-corrected chi connectivity index (χ2v) is 6.56. The number of rotatable bonds is 3. The molecule has 2 rings (SSSR count). The summed E-state index contributed by atoms with van der Waals surface area (Å²) in [5, 5.41) is 15.0. The number of hydrogen-bond donors (Lipinski definition) is 3. The first-order valence-corrected chi connectivity index (χ1v) is 7.77. The molecule has 5 heteroatoms. The van der Waals surface area contributed by atoms with Crippen LogP contribution >= 0.6 is 0 Å². The Labute approximate surface area is 120 Å². The number of carboxylic acid groups (broad SMARTS) is 1. The van der Waals surface area contributed by atoms with Crippen molar-refractivity contribution >= 4 is 12.0 Å². The molecule has 2 amide bonds. The molecule has 0 spiro atoms. The quantitative estimate of drug-likeness (QED) is 0.743. The highest BCUT2D eigenvalue weighted by molar-refractivity contribution is 5.77. The fraction of sp³-hybridized carbons (Fsp3) is 0.867. The number of carbonyl (C=O) groups excluding carboxylic acids is 1. The van der Waals surface area contributed by atoms with Gasteiger partial charge in [-0.05, 0) is 43.9 Å². The van der Waals surface area contributed by atoms with Gasteiger partial charge in [0.25, 0.3) is 0 Å². The van der Waals surface area contributed by atoms with E-state index >= 15 is 0 Å². The van der Waals surface area contributed by atoms with Crippen LogP contribution in [0.3, 0.4) is 0 Å². The number of carbonyl (C=O) groups is 2. The highest BCUT2D eigenvalue weighted by Gasteiger charge is 2.34. The minimum absolute atomic E-state index is 0.199. The van der Waals surface area contributed by atoms with Gasteiger partial charge in [-0.15, -0.1) is 0 Å². The van der Waals surface area contributed by atoms with Crippen molar-refractivity contribution in [1.29, 1.82) is 0 Å². The van der Waals surface area contributed by atoms with E-state index in [1.807, 2.05) is 0 Å². The average molecular weight is 282 g/mol. The van der Waals surface area contributed by atoms with Gasteiger partial charge < -0.3 is 15.7 Å². The van der Waals surface area contributed by atoms with Crippen LogP contribution in [-0.4, -0.2) is 29.2 Å². The van der Waals surface area contributed by atoms with Crippen molar-refractivity contribution in [3.05, 3.63) is 0 Å². The zero-order chi connectivity index (χ0) is 14.7. The number of nitrogens with one attached hydrogen (secondary N) is 2. The van der Waals surface area contributed by atoms with Crippen molar-refractivity contribution in [3.63, 3.8) is 0 Å². The summed E-state index contributed by atoms with van der Waals surface area (Å²) in [5.41, 5.74) is 0. The molecule has 2 fully saturated rings. The van der Waals surface area contributed by atoms with Crippen LogP contribution in [0.2, 0.25) is 0 Å². The van der Waals surface area contributed by atoms with Gasteiger partial charge in [-0.25, -0.2) is 4.79 Å². The third-order valence-corrected chi connectivity index (χ3v) is 5.08. The number of aliphatic carboxylic acids is 1. The molecule has 5 unspecified atom stereocenters. The van der Waals surface area contributed by atoms with Gasteiger partial charge in [0.05, 0.1) is 5.92 Å². The van der Waals surface area contributed by atoms with E-state index in [0.717, 1.165) is 38.0 Å². The van der Waals surface area contributed by atoms with Gasteiger partial charge >= 0.3 is 12.0 Å². The van der Waals surface area contributed by atoms with E-state index in [4.69, 9.17) is 5.11 Å². The highest BCUT2D eigenvalue weighted by Crippen LogP contribution is 2.29. The van der Waals surface area contributed by atoms with Crippen molar-refractivity contribution in [2.75, 3.05) is 0 Å². The Kier molecular flexibility index (Phi) is 4.89. The number of carboxylic acids is 1. The summed E-state index contributed by atoms with van der Waals surface area (Å²) >= 11 is 0. The summed E-state index contributed by atoms with van der Waals surface area (Å²) in [6.45, 7) is 4.49. The zero-order valence-electron chi connectivity index (χ0n) is 12.4. The van der Waals surface area contributed by atoms with Crippen molar-refractivity contribution in [1.82, 2.24) is 10.6 Å². The Morgan fingerprint density at radius 1 is 1.00 bits per heavy atom. The molecule has 0 aliphatic heterocycles. The van der Waals surface area contributed by atoms with Crippen molar-refractivity contribution < 1.29 is 14.7 Å². The normalized spacial score (nSPS) is 37.4. The molecule has 3 N–H and O–H groups in total. The van der Waals surface area contributed by atoms with Crippen LogP contribution in [0.4, 0.5) is 4.79 Å². The SMILES string of the molecule is CC1CCC(NC(=O)NC2CCCC2C(=O)O)CC1C. The first-order chi connectivity index (χ1) is 9.47. The molecule has 0 bridgehead atoms. The Morgan fingerprint density at radius 2 is 1.75 bits per heavy atom. The van der Waals surface area contributed by atoms with Gasteiger partial charge in [0.15, 0.2) is 0 Å².